The normalized spacial score (nSPS) is 11.6. The van der Waals surface area contributed by atoms with Crippen molar-refractivity contribution in [2.24, 2.45) is 0 Å². The molecule has 0 fully saturated rings. The van der Waals surface area contributed by atoms with E-state index in [-0.39, 0.29) is 25.0 Å². The molecular weight excluding hydrogens is 467 g/mol. The van der Waals surface area contributed by atoms with E-state index in [4.69, 9.17) is 27.9 Å². The van der Waals surface area contributed by atoms with Gasteiger partial charge in [-0.05, 0) is 65.7 Å². The summed E-state index contributed by atoms with van der Waals surface area (Å²) in [6.45, 7) is 4.02. The third-order valence-corrected chi connectivity index (χ3v) is 5.10. The van der Waals surface area contributed by atoms with E-state index >= 15 is 0 Å². The molecule has 1 N–H and O–H groups in total. The number of benzene rings is 2. The van der Waals surface area contributed by atoms with E-state index < -0.39 is 6.04 Å². The molecule has 0 aliphatic rings. The predicted octanol–water partition coefficient (Wildman–Crippen LogP) is 4.69. The van der Waals surface area contributed by atoms with Crippen LogP contribution in [-0.4, -0.2) is 35.9 Å². The highest BCUT2D eigenvalue weighted by Gasteiger charge is 2.26. The molecule has 0 heterocycles. The van der Waals surface area contributed by atoms with Crippen LogP contribution in [0.4, 0.5) is 0 Å². The first-order valence-corrected chi connectivity index (χ1v) is 10.3. The number of nitrogens with zero attached hydrogens (tertiary/aromatic N) is 1. The van der Waals surface area contributed by atoms with Gasteiger partial charge in [0.2, 0.25) is 5.91 Å². The van der Waals surface area contributed by atoms with Gasteiger partial charge in [0.05, 0.1) is 4.47 Å². The highest BCUT2D eigenvalue weighted by Crippen LogP contribution is 2.28. The van der Waals surface area contributed by atoms with Gasteiger partial charge in [0.15, 0.2) is 6.61 Å². The minimum Gasteiger partial charge on any atom is -0.483 e. The van der Waals surface area contributed by atoms with Crippen LogP contribution in [0.1, 0.15) is 19.4 Å². The Bertz CT molecular complexity index is 848. The van der Waals surface area contributed by atoms with Crippen molar-refractivity contribution >= 4 is 50.9 Å². The van der Waals surface area contributed by atoms with Crippen molar-refractivity contribution in [3.05, 3.63) is 62.5 Å². The molecule has 0 saturated carbocycles. The van der Waals surface area contributed by atoms with Crippen LogP contribution in [0.5, 0.6) is 5.75 Å². The molecule has 2 amide bonds. The fourth-order valence-electron chi connectivity index (χ4n) is 2.55. The topological polar surface area (TPSA) is 58.6 Å². The number of amides is 2. The van der Waals surface area contributed by atoms with Gasteiger partial charge in [0, 0.05) is 23.1 Å². The SMILES string of the molecule is CCNC(=O)[C@@H](C)N(Cc1cccc(Cl)c1)C(=O)COc1ccc(Cl)cc1Br. The number of halogens is 3. The van der Waals surface area contributed by atoms with Crippen LogP contribution in [0.3, 0.4) is 0 Å². The van der Waals surface area contributed by atoms with Crippen molar-refractivity contribution in [3.63, 3.8) is 0 Å². The molecule has 0 aliphatic heterocycles. The number of rotatable bonds is 8. The average Bonchev–Trinajstić information content (AvgIpc) is 2.65. The zero-order valence-electron chi connectivity index (χ0n) is 15.5. The zero-order valence-corrected chi connectivity index (χ0v) is 18.6. The van der Waals surface area contributed by atoms with Gasteiger partial charge in [-0.15, -0.1) is 0 Å². The summed E-state index contributed by atoms with van der Waals surface area (Å²) in [7, 11) is 0. The third-order valence-electron chi connectivity index (χ3n) is 4.01. The van der Waals surface area contributed by atoms with Crippen LogP contribution >= 0.6 is 39.1 Å². The maximum absolute atomic E-state index is 12.9. The Morgan fingerprint density at radius 2 is 1.89 bits per heavy atom. The van der Waals surface area contributed by atoms with Crippen LogP contribution < -0.4 is 10.1 Å². The number of hydrogen-bond acceptors (Lipinski definition) is 3. The average molecular weight is 488 g/mol. The maximum Gasteiger partial charge on any atom is 0.261 e. The van der Waals surface area contributed by atoms with Crippen molar-refractivity contribution in [2.75, 3.05) is 13.2 Å². The first-order chi connectivity index (χ1) is 13.3. The van der Waals surface area contributed by atoms with E-state index in [2.05, 4.69) is 21.2 Å². The molecule has 1 atom stereocenters. The second-order valence-electron chi connectivity index (χ2n) is 6.09. The summed E-state index contributed by atoms with van der Waals surface area (Å²) in [6.07, 6.45) is 0. The van der Waals surface area contributed by atoms with E-state index in [1.807, 2.05) is 13.0 Å². The molecule has 5 nitrogen and oxygen atoms in total. The molecule has 0 bridgehead atoms. The molecule has 2 aromatic rings. The molecule has 0 unspecified atom stereocenters. The van der Waals surface area contributed by atoms with Crippen molar-refractivity contribution in [1.29, 1.82) is 0 Å². The molecular formula is C20H21BrCl2N2O3. The summed E-state index contributed by atoms with van der Waals surface area (Å²) >= 11 is 15.3. The summed E-state index contributed by atoms with van der Waals surface area (Å²) in [5, 5.41) is 3.87. The van der Waals surface area contributed by atoms with Gasteiger partial charge < -0.3 is 15.0 Å². The lowest BCUT2D eigenvalue weighted by Gasteiger charge is -2.28. The lowest BCUT2D eigenvalue weighted by molar-refractivity contribution is -0.142. The van der Waals surface area contributed by atoms with Gasteiger partial charge in [-0.1, -0.05) is 35.3 Å². The molecule has 0 aliphatic carbocycles. The van der Waals surface area contributed by atoms with Crippen molar-refractivity contribution in [1.82, 2.24) is 10.2 Å². The predicted molar refractivity (Wildman–Crippen MR) is 115 cm³/mol. The maximum atomic E-state index is 12.9. The smallest absolute Gasteiger partial charge is 0.261 e. The van der Waals surface area contributed by atoms with Crippen LogP contribution in [0.15, 0.2) is 46.9 Å². The molecule has 8 heteroatoms. The van der Waals surface area contributed by atoms with E-state index in [1.165, 1.54) is 4.90 Å². The summed E-state index contributed by atoms with van der Waals surface area (Å²) in [5.41, 5.74) is 0.824. The molecule has 28 heavy (non-hydrogen) atoms. The molecule has 150 valence electrons. The summed E-state index contributed by atoms with van der Waals surface area (Å²) in [5.74, 6) is -0.0581. The third kappa shape index (κ3) is 6.40. The Hall–Kier alpha value is -1.76. The van der Waals surface area contributed by atoms with Crippen LogP contribution in [0.25, 0.3) is 0 Å². The van der Waals surface area contributed by atoms with Gasteiger partial charge in [0.25, 0.3) is 5.91 Å². The molecule has 0 aromatic heterocycles. The standard InChI is InChI=1S/C20H21BrCl2N2O3/c1-3-24-20(27)13(2)25(11-14-5-4-6-15(22)9-14)19(26)12-28-18-8-7-16(23)10-17(18)21/h4-10,13H,3,11-12H2,1-2H3,(H,24,27)/t13-/m1/s1. The number of carbonyl (C=O) groups is 2. The lowest BCUT2D eigenvalue weighted by atomic mass is 10.1. The number of hydrogen-bond donors (Lipinski definition) is 1. The van der Waals surface area contributed by atoms with Crippen molar-refractivity contribution < 1.29 is 14.3 Å². The molecule has 2 rings (SSSR count). The van der Waals surface area contributed by atoms with E-state index in [1.54, 1.807) is 43.3 Å². The largest absolute Gasteiger partial charge is 0.483 e. The fourth-order valence-corrected chi connectivity index (χ4v) is 3.56. The Kier molecular flexibility index (Phi) is 8.60. The Morgan fingerprint density at radius 1 is 1.18 bits per heavy atom. The molecule has 0 saturated heterocycles. The minimum atomic E-state index is -0.663. The molecule has 0 radical (unpaired) electrons. The highest BCUT2D eigenvalue weighted by atomic mass is 79.9. The van der Waals surface area contributed by atoms with Crippen molar-refractivity contribution in [2.45, 2.75) is 26.4 Å². The number of carbonyl (C=O) groups excluding carboxylic acids is 2. The van der Waals surface area contributed by atoms with Crippen LogP contribution in [0, 0.1) is 0 Å². The highest BCUT2D eigenvalue weighted by molar-refractivity contribution is 9.10. The zero-order chi connectivity index (χ0) is 20.7. The van der Waals surface area contributed by atoms with Crippen LogP contribution in [-0.2, 0) is 16.1 Å². The van der Waals surface area contributed by atoms with Gasteiger partial charge >= 0.3 is 0 Å². The second kappa shape index (κ2) is 10.7. The molecule has 0 spiro atoms. The quantitative estimate of drug-likeness (QED) is 0.587. The Labute approximate surface area is 183 Å². The Balaban J connectivity index is 2.16. The summed E-state index contributed by atoms with van der Waals surface area (Å²) < 4.78 is 6.28. The van der Waals surface area contributed by atoms with Gasteiger partial charge in [-0.3, -0.25) is 9.59 Å². The van der Waals surface area contributed by atoms with E-state index in [9.17, 15) is 9.59 Å². The Morgan fingerprint density at radius 3 is 2.54 bits per heavy atom. The van der Waals surface area contributed by atoms with E-state index in [0.717, 1.165) is 5.56 Å². The second-order valence-corrected chi connectivity index (χ2v) is 7.81. The first-order valence-electron chi connectivity index (χ1n) is 8.71. The number of likely N-dealkylation sites (N-methyl/N-ethyl adjacent to an activating group) is 1. The van der Waals surface area contributed by atoms with E-state index in [0.29, 0.717) is 26.8 Å². The monoisotopic (exact) mass is 486 g/mol. The number of ether oxygens (including phenoxy) is 1. The number of nitrogens with one attached hydrogen (secondary N) is 1. The summed E-state index contributed by atoms with van der Waals surface area (Å²) in [6, 6.07) is 11.5. The van der Waals surface area contributed by atoms with Crippen molar-refractivity contribution in [3.8, 4) is 5.75 Å². The summed E-state index contributed by atoms with van der Waals surface area (Å²) in [4.78, 5) is 26.7. The fraction of sp³-hybridized carbons (Fsp3) is 0.300. The van der Waals surface area contributed by atoms with Gasteiger partial charge in [0.1, 0.15) is 11.8 Å². The van der Waals surface area contributed by atoms with Gasteiger partial charge in [-0.25, -0.2) is 0 Å². The molecule has 2 aromatic carbocycles. The van der Waals surface area contributed by atoms with Gasteiger partial charge in [-0.2, -0.15) is 0 Å². The first kappa shape index (κ1) is 22.5. The minimum absolute atomic E-state index is 0.218. The lowest BCUT2D eigenvalue weighted by Crippen LogP contribution is -2.49. The van der Waals surface area contributed by atoms with Crippen LogP contribution in [0.2, 0.25) is 10.0 Å².